The molecule has 1 fully saturated rings. The number of fused-ring (bicyclic) bond motifs is 1. The molecule has 28 heavy (non-hydrogen) atoms. The van der Waals surface area contributed by atoms with Crippen LogP contribution in [0.3, 0.4) is 0 Å². The maximum absolute atomic E-state index is 12.4. The van der Waals surface area contributed by atoms with Crippen molar-refractivity contribution in [3.8, 4) is 11.5 Å². The van der Waals surface area contributed by atoms with E-state index in [1.165, 1.54) is 5.56 Å². The molecule has 4 rings (SSSR count). The first-order chi connectivity index (χ1) is 13.4. The third-order valence-electron chi connectivity index (χ3n) is 5.53. The summed E-state index contributed by atoms with van der Waals surface area (Å²) in [7, 11) is 0. The van der Waals surface area contributed by atoms with Crippen molar-refractivity contribution in [2.45, 2.75) is 52.4 Å². The van der Waals surface area contributed by atoms with E-state index in [9.17, 15) is 4.79 Å². The highest BCUT2D eigenvalue weighted by atomic mass is 16.7. The van der Waals surface area contributed by atoms with E-state index in [1.807, 2.05) is 24.8 Å². The Balaban J connectivity index is 1.39. The summed E-state index contributed by atoms with van der Waals surface area (Å²) in [5.41, 5.74) is 1.24. The largest absolute Gasteiger partial charge is 0.454 e. The van der Waals surface area contributed by atoms with E-state index >= 15 is 0 Å². The molecule has 7 nitrogen and oxygen atoms in total. The van der Waals surface area contributed by atoms with Crippen LogP contribution in [0.4, 0.5) is 0 Å². The lowest BCUT2D eigenvalue weighted by Gasteiger charge is -2.40. The highest BCUT2D eigenvalue weighted by Gasteiger charge is 2.35. The van der Waals surface area contributed by atoms with Gasteiger partial charge in [0.05, 0.1) is 0 Å². The van der Waals surface area contributed by atoms with E-state index in [-0.39, 0.29) is 24.0 Å². The van der Waals surface area contributed by atoms with Gasteiger partial charge in [-0.2, -0.15) is 4.98 Å². The molecule has 0 aliphatic carbocycles. The average molecular weight is 385 g/mol. The van der Waals surface area contributed by atoms with Gasteiger partial charge in [-0.05, 0) is 36.0 Å². The van der Waals surface area contributed by atoms with E-state index < -0.39 is 0 Å². The van der Waals surface area contributed by atoms with Gasteiger partial charge in [-0.3, -0.25) is 4.79 Å². The van der Waals surface area contributed by atoms with Gasteiger partial charge >= 0.3 is 0 Å². The third-order valence-corrected chi connectivity index (χ3v) is 5.53. The Kier molecular flexibility index (Phi) is 5.00. The molecule has 1 atom stereocenters. The van der Waals surface area contributed by atoms with Crippen molar-refractivity contribution in [2.75, 3.05) is 19.9 Å². The average Bonchev–Trinajstić information content (AvgIpc) is 3.31. The predicted molar refractivity (Wildman–Crippen MR) is 102 cm³/mol. The van der Waals surface area contributed by atoms with E-state index in [2.05, 4.69) is 29.2 Å². The van der Waals surface area contributed by atoms with Crippen LogP contribution in [0.5, 0.6) is 11.5 Å². The SMILES string of the molecule is CC(C)c1noc(CCN2CC(C)(Cc3ccc4c(c3)OCO4)CCC2=O)n1. The molecule has 2 aromatic rings. The van der Waals surface area contributed by atoms with E-state index in [1.54, 1.807) is 0 Å². The van der Waals surface area contributed by atoms with Crippen LogP contribution in [0.25, 0.3) is 0 Å². The van der Waals surface area contributed by atoms with Crippen molar-refractivity contribution in [3.05, 3.63) is 35.5 Å². The number of amides is 1. The Hall–Kier alpha value is -2.57. The Labute approximate surface area is 165 Å². The van der Waals surface area contributed by atoms with Gasteiger partial charge in [0.2, 0.25) is 18.6 Å². The van der Waals surface area contributed by atoms with Gasteiger partial charge in [-0.1, -0.05) is 32.0 Å². The second-order valence-corrected chi connectivity index (χ2v) is 8.44. The third kappa shape index (κ3) is 3.98. The Morgan fingerprint density at radius 2 is 2.07 bits per heavy atom. The molecule has 2 aliphatic rings. The van der Waals surface area contributed by atoms with Crippen LogP contribution < -0.4 is 9.47 Å². The molecule has 0 saturated carbocycles. The minimum atomic E-state index is 0.0273. The van der Waals surface area contributed by atoms with Gasteiger partial charge in [-0.25, -0.2) is 0 Å². The fourth-order valence-electron chi connectivity index (χ4n) is 3.92. The van der Waals surface area contributed by atoms with Gasteiger partial charge in [0.25, 0.3) is 0 Å². The maximum atomic E-state index is 12.4. The standard InChI is InChI=1S/C21H27N3O4/c1-14(2)20-22-18(28-23-20)7-9-24-12-21(3,8-6-19(24)25)11-15-4-5-16-17(10-15)27-13-26-16/h4-5,10,14H,6-9,11-13H2,1-3H3. The Morgan fingerprint density at radius 3 is 2.86 bits per heavy atom. The van der Waals surface area contributed by atoms with Crippen molar-refractivity contribution >= 4 is 5.91 Å². The van der Waals surface area contributed by atoms with Crippen molar-refractivity contribution < 1.29 is 18.8 Å². The number of carbonyl (C=O) groups excluding carboxylic acids is 1. The second-order valence-electron chi connectivity index (χ2n) is 8.44. The van der Waals surface area contributed by atoms with Gasteiger partial charge < -0.3 is 18.9 Å². The van der Waals surface area contributed by atoms with Gasteiger partial charge in [-0.15, -0.1) is 0 Å². The Bertz CT molecular complexity index is 863. The summed E-state index contributed by atoms with van der Waals surface area (Å²) < 4.78 is 16.2. The van der Waals surface area contributed by atoms with Crippen molar-refractivity contribution in [1.82, 2.24) is 15.0 Å². The maximum Gasteiger partial charge on any atom is 0.231 e. The molecule has 1 unspecified atom stereocenters. The number of carbonyl (C=O) groups is 1. The molecule has 0 radical (unpaired) electrons. The molecule has 0 bridgehead atoms. The van der Waals surface area contributed by atoms with Crippen LogP contribution >= 0.6 is 0 Å². The zero-order chi connectivity index (χ0) is 19.7. The molecule has 0 spiro atoms. The monoisotopic (exact) mass is 385 g/mol. The molecule has 1 saturated heterocycles. The highest BCUT2D eigenvalue weighted by Crippen LogP contribution is 2.37. The minimum absolute atomic E-state index is 0.0273. The van der Waals surface area contributed by atoms with E-state index in [4.69, 9.17) is 14.0 Å². The number of aromatic nitrogens is 2. The molecule has 150 valence electrons. The van der Waals surface area contributed by atoms with Crippen molar-refractivity contribution in [3.63, 3.8) is 0 Å². The number of piperidine rings is 1. The molecule has 3 heterocycles. The lowest BCUT2D eigenvalue weighted by atomic mass is 9.76. The predicted octanol–water partition coefficient (Wildman–Crippen LogP) is 3.34. The van der Waals surface area contributed by atoms with Crippen LogP contribution in [0.15, 0.2) is 22.7 Å². The van der Waals surface area contributed by atoms with E-state index in [0.29, 0.717) is 31.1 Å². The van der Waals surface area contributed by atoms with Crippen LogP contribution in [-0.2, 0) is 17.6 Å². The summed E-state index contributed by atoms with van der Waals surface area (Å²) in [4.78, 5) is 18.8. The number of likely N-dealkylation sites (tertiary alicyclic amines) is 1. The molecule has 1 amide bonds. The normalized spacial score (nSPS) is 21.6. The van der Waals surface area contributed by atoms with Gasteiger partial charge in [0, 0.05) is 31.8 Å². The summed E-state index contributed by atoms with van der Waals surface area (Å²) in [6.45, 7) is 7.93. The number of hydrogen-bond donors (Lipinski definition) is 0. The highest BCUT2D eigenvalue weighted by molar-refractivity contribution is 5.77. The zero-order valence-electron chi connectivity index (χ0n) is 16.7. The van der Waals surface area contributed by atoms with Crippen LogP contribution in [-0.4, -0.2) is 40.8 Å². The van der Waals surface area contributed by atoms with Crippen LogP contribution in [0, 0.1) is 5.41 Å². The molecule has 1 aromatic carbocycles. The molecule has 0 N–H and O–H groups in total. The lowest BCUT2D eigenvalue weighted by Crippen LogP contribution is -2.46. The number of ether oxygens (including phenoxy) is 2. The topological polar surface area (TPSA) is 77.7 Å². The first kappa shape index (κ1) is 18.8. The summed E-state index contributed by atoms with van der Waals surface area (Å²) in [5, 5.41) is 4.00. The fourth-order valence-corrected chi connectivity index (χ4v) is 3.92. The first-order valence-corrected chi connectivity index (χ1v) is 9.91. The molecular formula is C21H27N3O4. The van der Waals surface area contributed by atoms with Crippen LogP contribution in [0.1, 0.15) is 56.8 Å². The minimum Gasteiger partial charge on any atom is -0.454 e. The quantitative estimate of drug-likeness (QED) is 0.759. The summed E-state index contributed by atoms with van der Waals surface area (Å²) in [6, 6.07) is 6.11. The number of hydrogen-bond acceptors (Lipinski definition) is 6. The number of benzene rings is 1. The first-order valence-electron chi connectivity index (χ1n) is 9.91. The van der Waals surface area contributed by atoms with Crippen LogP contribution in [0.2, 0.25) is 0 Å². The number of nitrogens with zero attached hydrogens (tertiary/aromatic N) is 3. The molecular weight excluding hydrogens is 358 g/mol. The second kappa shape index (κ2) is 7.45. The van der Waals surface area contributed by atoms with Gasteiger partial charge in [0.15, 0.2) is 17.3 Å². The molecule has 7 heteroatoms. The Morgan fingerprint density at radius 1 is 1.25 bits per heavy atom. The van der Waals surface area contributed by atoms with E-state index in [0.717, 1.165) is 30.9 Å². The molecule has 1 aromatic heterocycles. The van der Waals surface area contributed by atoms with Crippen molar-refractivity contribution in [1.29, 1.82) is 0 Å². The summed E-state index contributed by atoms with van der Waals surface area (Å²) in [5.74, 6) is 3.36. The van der Waals surface area contributed by atoms with Gasteiger partial charge in [0.1, 0.15) is 0 Å². The number of rotatable bonds is 6. The zero-order valence-corrected chi connectivity index (χ0v) is 16.7. The molecule has 2 aliphatic heterocycles. The lowest BCUT2D eigenvalue weighted by molar-refractivity contribution is -0.137. The summed E-state index contributed by atoms with van der Waals surface area (Å²) >= 11 is 0. The smallest absolute Gasteiger partial charge is 0.231 e. The summed E-state index contributed by atoms with van der Waals surface area (Å²) in [6.07, 6.45) is 2.94. The fraction of sp³-hybridized carbons (Fsp3) is 0.571. The van der Waals surface area contributed by atoms with Crippen molar-refractivity contribution in [2.24, 2.45) is 5.41 Å².